The van der Waals surface area contributed by atoms with Crippen molar-refractivity contribution in [1.29, 1.82) is 0 Å². The van der Waals surface area contributed by atoms with Crippen molar-refractivity contribution in [1.82, 2.24) is 10.2 Å². The SMILES string of the molecule is CN(CCCCCO)C(=O)NCC[C@H](O)C(=O)O. The molecule has 0 aliphatic heterocycles. The summed E-state index contributed by atoms with van der Waals surface area (Å²) in [4.78, 5) is 23.3. The van der Waals surface area contributed by atoms with Crippen LogP contribution in [0.3, 0.4) is 0 Å². The molecule has 0 aliphatic rings. The number of carboxylic acids is 1. The van der Waals surface area contributed by atoms with Gasteiger partial charge in [0.2, 0.25) is 0 Å². The first-order valence-corrected chi connectivity index (χ1v) is 5.99. The van der Waals surface area contributed by atoms with E-state index in [1.165, 1.54) is 4.90 Å². The Morgan fingerprint density at radius 2 is 1.94 bits per heavy atom. The molecule has 7 heteroatoms. The minimum absolute atomic E-state index is 0.0145. The van der Waals surface area contributed by atoms with Gasteiger partial charge in [-0.25, -0.2) is 9.59 Å². The molecule has 18 heavy (non-hydrogen) atoms. The number of nitrogens with zero attached hydrogens (tertiary/aromatic N) is 1. The zero-order valence-electron chi connectivity index (χ0n) is 10.6. The molecule has 0 unspecified atom stereocenters. The van der Waals surface area contributed by atoms with Crippen LogP contribution >= 0.6 is 0 Å². The number of urea groups is 1. The molecule has 7 nitrogen and oxygen atoms in total. The summed E-state index contributed by atoms with van der Waals surface area (Å²) in [5, 5.41) is 28.5. The number of unbranched alkanes of at least 4 members (excludes halogenated alkanes) is 2. The van der Waals surface area contributed by atoms with Gasteiger partial charge in [-0.15, -0.1) is 0 Å². The standard InChI is InChI=1S/C11H22N2O5/c1-13(7-3-2-4-8-14)11(18)12-6-5-9(15)10(16)17/h9,14-15H,2-8H2,1H3,(H,12,18)(H,16,17)/t9-/m0/s1. The van der Waals surface area contributed by atoms with Crippen LogP contribution in [-0.4, -0.2) is 65.1 Å². The van der Waals surface area contributed by atoms with Crippen LogP contribution in [0.1, 0.15) is 25.7 Å². The van der Waals surface area contributed by atoms with Crippen LogP contribution in [0, 0.1) is 0 Å². The molecule has 2 amide bonds. The lowest BCUT2D eigenvalue weighted by Crippen LogP contribution is -2.39. The van der Waals surface area contributed by atoms with E-state index in [4.69, 9.17) is 15.3 Å². The first kappa shape index (κ1) is 16.7. The summed E-state index contributed by atoms with van der Waals surface area (Å²) in [6.45, 7) is 0.851. The van der Waals surface area contributed by atoms with E-state index in [1.54, 1.807) is 7.05 Å². The molecule has 0 fully saturated rings. The van der Waals surface area contributed by atoms with Gasteiger partial charge in [0.05, 0.1) is 0 Å². The normalized spacial score (nSPS) is 11.9. The minimum atomic E-state index is -1.44. The fraction of sp³-hybridized carbons (Fsp3) is 0.818. The van der Waals surface area contributed by atoms with Gasteiger partial charge in [-0.3, -0.25) is 0 Å². The summed E-state index contributed by atoms with van der Waals surface area (Å²) in [7, 11) is 1.64. The van der Waals surface area contributed by atoms with E-state index >= 15 is 0 Å². The third kappa shape index (κ3) is 7.86. The molecule has 0 aromatic carbocycles. The van der Waals surface area contributed by atoms with E-state index in [0.717, 1.165) is 19.3 Å². The van der Waals surface area contributed by atoms with Gasteiger partial charge in [-0.2, -0.15) is 0 Å². The van der Waals surface area contributed by atoms with Gasteiger partial charge >= 0.3 is 12.0 Å². The van der Waals surface area contributed by atoms with Gasteiger partial charge < -0.3 is 25.5 Å². The maximum Gasteiger partial charge on any atom is 0.332 e. The third-order valence-electron chi connectivity index (χ3n) is 2.48. The first-order chi connectivity index (χ1) is 8.49. The van der Waals surface area contributed by atoms with Crippen molar-refractivity contribution in [2.45, 2.75) is 31.8 Å². The first-order valence-electron chi connectivity index (χ1n) is 5.99. The van der Waals surface area contributed by atoms with Gasteiger partial charge in [0.15, 0.2) is 6.10 Å². The Hall–Kier alpha value is -1.34. The maximum absolute atomic E-state index is 11.5. The summed E-state index contributed by atoms with van der Waals surface area (Å²) >= 11 is 0. The molecule has 0 aromatic heterocycles. The average molecular weight is 262 g/mol. The molecule has 4 N–H and O–H groups in total. The Labute approximate surface area is 106 Å². The lowest BCUT2D eigenvalue weighted by molar-refractivity contribution is -0.146. The number of aliphatic carboxylic acids is 1. The molecule has 0 saturated carbocycles. The number of aliphatic hydroxyl groups is 2. The van der Waals surface area contributed by atoms with E-state index in [1.807, 2.05) is 0 Å². The fourth-order valence-electron chi connectivity index (χ4n) is 1.31. The smallest absolute Gasteiger partial charge is 0.332 e. The minimum Gasteiger partial charge on any atom is -0.479 e. The van der Waals surface area contributed by atoms with Gasteiger partial charge in [0.1, 0.15) is 0 Å². The quantitative estimate of drug-likeness (QED) is 0.424. The summed E-state index contributed by atoms with van der Waals surface area (Å²) in [6.07, 6.45) is 0.925. The highest BCUT2D eigenvalue weighted by Gasteiger charge is 2.13. The van der Waals surface area contributed by atoms with Crippen LogP contribution in [0.4, 0.5) is 4.79 Å². The van der Waals surface area contributed by atoms with E-state index in [-0.39, 0.29) is 25.6 Å². The fourth-order valence-corrected chi connectivity index (χ4v) is 1.31. The van der Waals surface area contributed by atoms with E-state index in [0.29, 0.717) is 6.54 Å². The molecule has 106 valence electrons. The van der Waals surface area contributed by atoms with E-state index in [9.17, 15) is 9.59 Å². The van der Waals surface area contributed by atoms with Crippen molar-refractivity contribution in [2.75, 3.05) is 26.7 Å². The van der Waals surface area contributed by atoms with Crippen LogP contribution in [0.5, 0.6) is 0 Å². The largest absolute Gasteiger partial charge is 0.479 e. The molecule has 0 bridgehead atoms. The molecule has 0 rings (SSSR count). The van der Waals surface area contributed by atoms with Gasteiger partial charge in [-0.05, 0) is 19.3 Å². The molecule has 1 atom stereocenters. The molecule has 0 saturated heterocycles. The van der Waals surface area contributed by atoms with Crippen molar-refractivity contribution in [2.24, 2.45) is 0 Å². The second-order valence-electron chi connectivity index (χ2n) is 4.08. The summed E-state index contributed by atoms with van der Waals surface area (Å²) in [6, 6.07) is -0.295. The Morgan fingerprint density at radius 1 is 1.28 bits per heavy atom. The molecular formula is C11H22N2O5. The molecular weight excluding hydrogens is 240 g/mol. The summed E-state index contributed by atoms with van der Waals surface area (Å²) in [5.74, 6) is -1.29. The van der Waals surface area contributed by atoms with Crippen LogP contribution in [0.2, 0.25) is 0 Å². The Morgan fingerprint density at radius 3 is 2.50 bits per heavy atom. The molecule has 0 spiro atoms. The highest BCUT2D eigenvalue weighted by Crippen LogP contribution is 1.97. The molecule has 0 aliphatic carbocycles. The number of aliphatic hydroxyl groups excluding tert-OH is 2. The van der Waals surface area contributed by atoms with Crippen LogP contribution < -0.4 is 5.32 Å². The topological polar surface area (TPSA) is 110 Å². The Balaban J connectivity index is 3.64. The zero-order valence-corrected chi connectivity index (χ0v) is 10.6. The van der Waals surface area contributed by atoms with Crippen molar-refractivity contribution >= 4 is 12.0 Å². The maximum atomic E-state index is 11.5. The van der Waals surface area contributed by atoms with Gasteiger partial charge in [-0.1, -0.05) is 0 Å². The number of carbonyl (C=O) groups excluding carboxylic acids is 1. The van der Waals surface area contributed by atoms with Crippen LogP contribution in [-0.2, 0) is 4.79 Å². The van der Waals surface area contributed by atoms with E-state index in [2.05, 4.69) is 5.32 Å². The number of amides is 2. The van der Waals surface area contributed by atoms with Crippen molar-refractivity contribution < 1.29 is 24.9 Å². The van der Waals surface area contributed by atoms with Crippen molar-refractivity contribution in [3.8, 4) is 0 Å². The van der Waals surface area contributed by atoms with Crippen LogP contribution in [0.25, 0.3) is 0 Å². The monoisotopic (exact) mass is 262 g/mol. The molecule has 0 radical (unpaired) electrons. The number of hydrogen-bond donors (Lipinski definition) is 4. The predicted molar refractivity (Wildman–Crippen MR) is 65.2 cm³/mol. The number of rotatable bonds is 9. The summed E-state index contributed by atoms with van der Waals surface area (Å²) < 4.78 is 0. The number of carboxylic acid groups (broad SMARTS) is 1. The van der Waals surface area contributed by atoms with Crippen molar-refractivity contribution in [3.63, 3.8) is 0 Å². The Bertz CT molecular complexity index is 260. The summed E-state index contributed by atoms with van der Waals surface area (Å²) in [5.41, 5.74) is 0. The second-order valence-corrected chi connectivity index (χ2v) is 4.08. The van der Waals surface area contributed by atoms with Crippen molar-refractivity contribution in [3.05, 3.63) is 0 Å². The molecule has 0 heterocycles. The average Bonchev–Trinajstić information content (AvgIpc) is 2.33. The number of carbonyl (C=O) groups is 2. The predicted octanol–water partition coefficient (Wildman–Crippen LogP) is -0.374. The molecule has 0 aromatic rings. The Kier molecular flexibility index (Phi) is 8.95. The highest BCUT2D eigenvalue weighted by molar-refractivity contribution is 5.74. The third-order valence-corrected chi connectivity index (χ3v) is 2.48. The number of nitrogens with one attached hydrogen (secondary N) is 1. The lowest BCUT2D eigenvalue weighted by atomic mass is 10.2. The van der Waals surface area contributed by atoms with Gasteiger partial charge in [0, 0.05) is 33.2 Å². The van der Waals surface area contributed by atoms with E-state index < -0.39 is 12.1 Å². The lowest BCUT2D eigenvalue weighted by Gasteiger charge is -2.18. The highest BCUT2D eigenvalue weighted by atomic mass is 16.4. The van der Waals surface area contributed by atoms with Crippen LogP contribution in [0.15, 0.2) is 0 Å². The van der Waals surface area contributed by atoms with Gasteiger partial charge in [0.25, 0.3) is 0 Å². The number of hydrogen-bond acceptors (Lipinski definition) is 4. The zero-order chi connectivity index (χ0) is 14.0. The second kappa shape index (κ2) is 9.67.